The Bertz CT molecular complexity index is 305. The molecule has 1 aliphatic rings. The fraction of sp³-hybridized carbons (Fsp3) is 0.733. The molecule has 1 aliphatic carbocycles. The summed E-state index contributed by atoms with van der Waals surface area (Å²) in [6, 6.07) is 4.75. The minimum Gasteiger partial charge on any atom is -0.469 e. The normalized spacial score (nSPS) is 26.1. The smallest absolute Gasteiger partial charge is 0.107 e. The minimum atomic E-state index is 0.579. The molecule has 1 saturated carbocycles. The molecule has 1 heterocycles. The van der Waals surface area contributed by atoms with Crippen LogP contribution in [0.25, 0.3) is 0 Å². The van der Waals surface area contributed by atoms with Gasteiger partial charge in [0.05, 0.1) is 6.26 Å². The van der Waals surface area contributed by atoms with Crippen LogP contribution in [0.5, 0.6) is 0 Å². The SMILES string of the molecule is CC(C)NCC1CCCCCC1c1ccco1. The van der Waals surface area contributed by atoms with Gasteiger partial charge < -0.3 is 9.73 Å². The topological polar surface area (TPSA) is 25.2 Å². The van der Waals surface area contributed by atoms with E-state index in [0.29, 0.717) is 12.0 Å². The van der Waals surface area contributed by atoms with Crippen molar-refractivity contribution in [2.24, 2.45) is 5.92 Å². The lowest BCUT2D eigenvalue weighted by atomic mass is 9.86. The molecule has 0 bridgehead atoms. The summed E-state index contributed by atoms with van der Waals surface area (Å²) < 4.78 is 5.64. The maximum absolute atomic E-state index is 5.64. The summed E-state index contributed by atoms with van der Waals surface area (Å²) in [5, 5.41) is 3.59. The summed E-state index contributed by atoms with van der Waals surface area (Å²) in [7, 11) is 0. The third-order valence-corrected chi connectivity index (χ3v) is 3.86. The largest absolute Gasteiger partial charge is 0.469 e. The fourth-order valence-electron chi connectivity index (χ4n) is 2.89. The molecule has 2 heteroatoms. The maximum Gasteiger partial charge on any atom is 0.107 e. The van der Waals surface area contributed by atoms with Crippen LogP contribution in [0.4, 0.5) is 0 Å². The van der Waals surface area contributed by atoms with Gasteiger partial charge in [0.15, 0.2) is 0 Å². The Morgan fingerprint density at radius 1 is 1.29 bits per heavy atom. The first kappa shape index (κ1) is 12.7. The Hall–Kier alpha value is -0.760. The molecule has 0 amide bonds. The molecule has 17 heavy (non-hydrogen) atoms. The van der Waals surface area contributed by atoms with E-state index in [1.807, 2.05) is 12.3 Å². The van der Waals surface area contributed by atoms with E-state index in [9.17, 15) is 0 Å². The van der Waals surface area contributed by atoms with E-state index < -0.39 is 0 Å². The van der Waals surface area contributed by atoms with Crippen molar-refractivity contribution in [3.8, 4) is 0 Å². The van der Waals surface area contributed by atoms with Crippen LogP contribution in [0.1, 0.15) is 57.6 Å². The first-order valence-electron chi connectivity index (χ1n) is 7.04. The molecule has 2 atom stereocenters. The predicted molar refractivity (Wildman–Crippen MR) is 71.2 cm³/mol. The van der Waals surface area contributed by atoms with Crippen molar-refractivity contribution >= 4 is 0 Å². The molecule has 2 unspecified atom stereocenters. The molecule has 1 aromatic rings. The molecule has 96 valence electrons. The monoisotopic (exact) mass is 235 g/mol. The zero-order valence-electron chi connectivity index (χ0n) is 11.1. The Morgan fingerprint density at radius 2 is 2.12 bits per heavy atom. The summed E-state index contributed by atoms with van der Waals surface area (Å²) in [5.74, 6) is 2.56. The van der Waals surface area contributed by atoms with E-state index in [1.165, 1.54) is 37.9 Å². The second-order valence-electron chi connectivity index (χ2n) is 5.58. The summed E-state index contributed by atoms with van der Waals surface area (Å²) in [5.41, 5.74) is 0. The number of hydrogen-bond acceptors (Lipinski definition) is 2. The quantitative estimate of drug-likeness (QED) is 0.800. The van der Waals surface area contributed by atoms with Crippen molar-refractivity contribution < 1.29 is 4.42 Å². The second kappa shape index (κ2) is 6.25. The van der Waals surface area contributed by atoms with Crippen LogP contribution in [0.2, 0.25) is 0 Å². The van der Waals surface area contributed by atoms with Crippen LogP contribution in [0.3, 0.4) is 0 Å². The molecule has 0 radical (unpaired) electrons. The van der Waals surface area contributed by atoms with Crippen molar-refractivity contribution in [1.82, 2.24) is 5.32 Å². The summed E-state index contributed by atoms with van der Waals surface area (Å²) in [6.07, 6.45) is 8.55. The minimum absolute atomic E-state index is 0.579. The van der Waals surface area contributed by atoms with Crippen molar-refractivity contribution in [2.45, 2.75) is 57.9 Å². The van der Waals surface area contributed by atoms with Gasteiger partial charge in [-0.1, -0.05) is 33.1 Å². The molecule has 0 aromatic carbocycles. The first-order valence-corrected chi connectivity index (χ1v) is 7.04. The van der Waals surface area contributed by atoms with Gasteiger partial charge in [-0.15, -0.1) is 0 Å². The molecule has 0 spiro atoms. The lowest BCUT2D eigenvalue weighted by Crippen LogP contribution is -2.31. The molecular weight excluding hydrogens is 210 g/mol. The van der Waals surface area contributed by atoms with Crippen LogP contribution in [-0.4, -0.2) is 12.6 Å². The first-order chi connectivity index (χ1) is 8.27. The second-order valence-corrected chi connectivity index (χ2v) is 5.58. The number of nitrogens with one attached hydrogen (secondary N) is 1. The molecule has 1 N–H and O–H groups in total. The van der Waals surface area contributed by atoms with E-state index in [1.54, 1.807) is 0 Å². The van der Waals surface area contributed by atoms with Gasteiger partial charge in [0.2, 0.25) is 0 Å². The maximum atomic E-state index is 5.64. The van der Waals surface area contributed by atoms with E-state index >= 15 is 0 Å². The molecule has 2 nitrogen and oxygen atoms in total. The molecule has 0 aliphatic heterocycles. The van der Waals surface area contributed by atoms with Crippen LogP contribution in [0.15, 0.2) is 22.8 Å². The molecular formula is C15H25NO. The molecule has 1 aromatic heterocycles. The highest BCUT2D eigenvalue weighted by Crippen LogP contribution is 2.36. The third kappa shape index (κ3) is 3.60. The zero-order chi connectivity index (χ0) is 12.1. The van der Waals surface area contributed by atoms with Gasteiger partial charge in [-0.3, -0.25) is 0 Å². The highest BCUT2D eigenvalue weighted by atomic mass is 16.3. The van der Waals surface area contributed by atoms with Crippen LogP contribution >= 0.6 is 0 Å². The van der Waals surface area contributed by atoms with Crippen molar-refractivity contribution in [1.29, 1.82) is 0 Å². The molecule has 2 rings (SSSR count). The van der Waals surface area contributed by atoms with Gasteiger partial charge in [0, 0.05) is 12.0 Å². The van der Waals surface area contributed by atoms with Crippen LogP contribution in [-0.2, 0) is 0 Å². The lowest BCUT2D eigenvalue weighted by Gasteiger charge is -2.24. The average Bonchev–Trinajstić information content (AvgIpc) is 2.72. The highest BCUT2D eigenvalue weighted by Gasteiger charge is 2.26. The van der Waals surface area contributed by atoms with Gasteiger partial charge in [0.25, 0.3) is 0 Å². The number of rotatable bonds is 4. The Kier molecular flexibility index (Phi) is 4.66. The predicted octanol–water partition coefficient (Wildman–Crippen LogP) is 3.94. The molecule has 0 saturated heterocycles. The van der Waals surface area contributed by atoms with E-state index in [4.69, 9.17) is 4.42 Å². The van der Waals surface area contributed by atoms with Gasteiger partial charge >= 0.3 is 0 Å². The standard InChI is InChI=1S/C15H25NO/c1-12(2)16-11-13-7-4-3-5-8-14(13)15-9-6-10-17-15/h6,9-10,12-14,16H,3-5,7-8,11H2,1-2H3. The average molecular weight is 235 g/mol. The number of furan rings is 1. The summed E-state index contributed by atoms with van der Waals surface area (Å²) in [6.45, 7) is 5.57. The van der Waals surface area contributed by atoms with Crippen molar-refractivity contribution in [3.05, 3.63) is 24.2 Å². The van der Waals surface area contributed by atoms with Gasteiger partial charge in [-0.2, -0.15) is 0 Å². The third-order valence-electron chi connectivity index (χ3n) is 3.86. The van der Waals surface area contributed by atoms with E-state index in [-0.39, 0.29) is 0 Å². The van der Waals surface area contributed by atoms with Crippen molar-refractivity contribution in [3.63, 3.8) is 0 Å². The summed E-state index contributed by atoms with van der Waals surface area (Å²) in [4.78, 5) is 0. The lowest BCUT2D eigenvalue weighted by molar-refractivity contribution is 0.321. The Balaban J connectivity index is 2.02. The van der Waals surface area contributed by atoms with Crippen LogP contribution < -0.4 is 5.32 Å². The summed E-state index contributed by atoms with van der Waals surface area (Å²) >= 11 is 0. The van der Waals surface area contributed by atoms with Gasteiger partial charge in [-0.05, 0) is 37.4 Å². The highest BCUT2D eigenvalue weighted by molar-refractivity contribution is 5.07. The van der Waals surface area contributed by atoms with Crippen LogP contribution in [0, 0.1) is 5.92 Å². The van der Waals surface area contributed by atoms with Gasteiger partial charge in [0.1, 0.15) is 5.76 Å². The molecule has 1 fully saturated rings. The number of hydrogen-bond donors (Lipinski definition) is 1. The van der Waals surface area contributed by atoms with E-state index in [2.05, 4.69) is 25.2 Å². The Morgan fingerprint density at radius 3 is 2.82 bits per heavy atom. The van der Waals surface area contributed by atoms with Gasteiger partial charge in [-0.25, -0.2) is 0 Å². The Labute approximate surface area is 105 Å². The van der Waals surface area contributed by atoms with Crippen molar-refractivity contribution in [2.75, 3.05) is 6.54 Å². The fourth-order valence-corrected chi connectivity index (χ4v) is 2.89. The zero-order valence-corrected chi connectivity index (χ0v) is 11.1. The van der Waals surface area contributed by atoms with E-state index in [0.717, 1.165) is 12.5 Å².